The third-order valence-electron chi connectivity index (χ3n) is 7.57. The number of hydrogen-bond donors (Lipinski definition) is 1. The fraction of sp³-hybridized carbons (Fsp3) is 0.875. The number of ether oxygens (including phenoxy) is 2. The van der Waals surface area contributed by atoms with Crippen molar-refractivity contribution < 1.29 is 19.4 Å². The van der Waals surface area contributed by atoms with Crippen LogP contribution in [0.4, 0.5) is 0 Å². The number of aliphatic hydroxyl groups excluding tert-OH is 1. The third-order valence-corrected chi connectivity index (χ3v) is 7.57. The predicted molar refractivity (Wildman–Crippen MR) is 116 cm³/mol. The van der Waals surface area contributed by atoms with E-state index in [-0.39, 0.29) is 18.8 Å². The standard InChI is InChI=1S/C24H40N2O4/c27-15-4-5-16-29-23-18-20(19-7-6-8-19)17-22(30-23)24(28)26-13-9-21(10-14-26)25-11-2-1-3-12-25/h17,19-21,23,27H,1-16,18H2/t20-,23+/m1/s1. The fourth-order valence-corrected chi connectivity index (χ4v) is 5.44. The Morgan fingerprint density at radius 3 is 2.47 bits per heavy atom. The van der Waals surface area contributed by atoms with Gasteiger partial charge in [-0.2, -0.15) is 0 Å². The zero-order valence-corrected chi connectivity index (χ0v) is 18.5. The van der Waals surface area contributed by atoms with Crippen molar-refractivity contribution in [2.24, 2.45) is 11.8 Å². The largest absolute Gasteiger partial charge is 0.459 e. The lowest BCUT2D eigenvalue weighted by molar-refractivity contribution is -0.158. The molecule has 2 atom stereocenters. The van der Waals surface area contributed by atoms with Gasteiger partial charge in [0.1, 0.15) is 0 Å². The van der Waals surface area contributed by atoms with E-state index >= 15 is 0 Å². The van der Waals surface area contributed by atoms with Crippen LogP contribution in [-0.2, 0) is 14.3 Å². The van der Waals surface area contributed by atoms with Crippen LogP contribution >= 0.6 is 0 Å². The molecule has 6 nitrogen and oxygen atoms in total. The number of carbonyl (C=O) groups excluding carboxylic acids is 1. The second kappa shape index (κ2) is 11.0. The molecule has 6 heteroatoms. The van der Waals surface area contributed by atoms with Gasteiger partial charge < -0.3 is 24.4 Å². The first-order chi connectivity index (χ1) is 14.7. The summed E-state index contributed by atoms with van der Waals surface area (Å²) in [7, 11) is 0. The van der Waals surface area contributed by atoms with Crippen LogP contribution in [0.5, 0.6) is 0 Å². The van der Waals surface area contributed by atoms with E-state index in [2.05, 4.69) is 11.0 Å². The van der Waals surface area contributed by atoms with Gasteiger partial charge >= 0.3 is 0 Å². The maximum atomic E-state index is 13.3. The molecule has 0 radical (unpaired) electrons. The summed E-state index contributed by atoms with van der Waals surface area (Å²) < 4.78 is 12.0. The summed E-state index contributed by atoms with van der Waals surface area (Å²) in [4.78, 5) is 17.9. The molecule has 0 aromatic rings. The lowest BCUT2D eigenvalue weighted by Gasteiger charge is -2.41. The summed E-state index contributed by atoms with van der Waals surface area (Å²) in [5.41, 5.74) is 0. The van der Waals surface area contributed by atoms with Gasteiger partial charge in [0.2, 0.25) is 6.29 Å². The average Bonchev–Trinajstić information content (AvgIpc) is 2.76. The van der Waals surface area contributed by atoms with Gasteiger partial charge in [0.25, 0.3) is 5.91 Å². The first-order valence-electron chi connectivity index (χ1n) is 12.4. The van der Waals surface area contributed by atoms with Gasteiger partial charge in [-0.15, -0.1) is 0 Å². The van der Waals surface area contributed by atoms with E-state index in [0.717, 1.165) is 45.2 Å². The van der Waals surface area contributed by atoms with Crippen molar-refractivity contribution in [2.75, 3.05) is 39.4 Å². The van der Waals surface area contributed by atoms with Crippen LogP contribution in [0.25, 0.3) is 0 Å². The maximum absolute atomic E-state index is 13.3. The van der Waals surface area contributed by atoms with Gasteiger partial charge in [-0.25, -0.2) is 0 Å². The first-order valence-corrected chi connectivity index (χ1v) is 12.4. The predicted octanol–water partition coefficient (Wildman–Crippen LogP) is 3.30. The number of unbranched alkanes of at least 4 members (excludes halogenated alkanes) is 1. The highest BCUT2D eigenvalue weighted by molar-refractivity contribution is 5.91. The number of nitrogens with zero attached hydrogens (tertiary/aromatic N) is 2. The zero-order valence-electron chi connectivity index (χ0n) is 18.5. The summed E-state index contributed by atoms with van der Waals surface area (Å²) in [5.74, 6) is 1.63. The molecule has 4 aliphatic rings. The number of hydrogen-bond acceptors (Lipinski definition) is 5. The van der Waals surface area contributed by atoms with Crippen molar-refractivity contribution >= 4 is 5.91 Å². The van der Waals surface area contributed by atoms with E-state index in [0.29, 0.717) is 30.2 Å². The molecule has 30 heavy (non-hydrogen) atoms. The lowest BCUT2D eigenvalue weighted by atomic mass is 9.73. The second-order valence-electron chi connectivity index (χ2n) is 9.59. The van der Waals surface area contributed by atoms with Crippen molar-refractivity contribution in [2.45, 2.75) is 83.0 Å². The summed E-state index contributed by atoms with van der Waals surface area (Å²) in [6.45, 7) is 4.88. The highest BCUT2D eigenvalue weighted by Crippen LogP contribution is 2.40. The van der Waals surface area contributed by atoms with Crippen LogP contribution in [0.3, 0.4) is 0 Å². The van der Waals surface area contributed by atoms with Crippen molar-refractivity contribution in [1.29, 1.82) is 0 Å². The van der Waals surface area contributed by atoms with Crippen LogP contribution in [0.1, 0.15) is 70.6 Å². The molecule has 1 saturated carbocycles. The molecule has 170 valence electrons. The number of carbonyl (C=O) groups is 1. The normalized spacial score (nSPS) is 29.2. The van der Waals surface area contributed by atoms with Gasteiger partial charge in [0, 0.05) is 32.2 Å². The van der Waals surface area contributed by atoms with Crippen molar-refractivity contribution in [1.82, 2.24) is 9.80 Å². The lowest BCUT2D eigenvalue weighted by Crippen LogP contribution is -2.49. The number of likely N-dealkylation sites (tertiary alicyclic amines) is 2. The van der Waals surface area contributed by atoms with Crippen LogP contribution < -0.4 is 0 Å². The molecule has 0 aromatic heterocycles. The van der Waals surface area contributed by atoms with Crippen molar-refractivity contribution in [3.8, 4) is 0 Å². The van der Waals surface area contributed by atoms with Crippen LogP contribution in [-0.4, -0.2) is 72.5 Å². The Morgan fingerprint density at radius 1 is 1.03 bits per heavy atom. The SMILES string of the molecule is O=C(C1=C[C@@H](C2CCC2)C[C@@H](OCCCCO)O1)N1CCC(N2CCCCC2)CC1. The first kappa shape index (κ1) is 22.1. The molecule has 1 aliphatic carbocycles. The zero-order chi connectivity index (χ0) is 20.8. The summed E-state index contributed by atoms with van der Waals surface area (Å²) >= 11 is 0. The van der Waals surface area contributed by atoms with Crippen molar-refractivity contribution in [3.63, 3.8) is 0 Å². The number of piperidine rings is 2. The monoisotopic (exact) mass is 420 g/mol. The molecule has 3 heterocycles. The van der Waals surface area contributed by atoms with E-state index in [1.165, 1.54) is 51.6 Å². The highest BCUT2D eigenvalue weighted by Gasteiger charge is 2.37. The van der Waals surface area contributed by atoms with E-state index < -0.39 is 0 Å². The Balaban J connectivity index is 1.32. The van der Waals surface area contributed by atoms with Gasteiger partial charge in [-0.3, -0.25) is 4.79 Å². The minimum absolute atomic E-state index is 0.0556. The topological polar surface area (TPSA) is 62.2 Å². The molecule has 4 rings (SSSR count). The van der Waals surface area contributed by atoms with Gasteiger partial charge in [-0.05, 0) is 82.4 Å². The van der Waals surface area contributed by atoms with Crippen LogP contribution in [0, 0.1) is 11.8 Å². The maximum Gasteiger partial charge on any atom is 0.288 e. The number of allylic oxidation sites excluding steroid dienone is 1. The Kier molecular flexibility index (Phi) is 8.07. The second-order valence-corrected chi connectivity index (χ2v) is 9.59. The number of aliphatic hydroxyl groups is 1. The summed E-state index contributed by atoms with van der Waals surface area (Å²) in [6.07, 6.45) is 14.1. The van der Waals surface area contributed by atoms with Crippen molar-refractivity contribution in [3.05, 3.63) is 11.8 Å². The highest BCUT2D eigenvalue weighted by atomic mass is 16.7. The van der Waals surface area contributed by atoms with Crippen LogP contribution in [0.2, 0.25) is 0 Å². The molecule has 0 spiro atoms. The fourth-order valence-electron chi connectivity index (χ4n) is 5.44. The minimum atomic E-state index is -0.330. The number of rotatable bonds is 8. The third kappa shape index (κ3) is 5.57. The molecular weight excluding hydrogens is 380 g/mol. The van der Waals surface area contributed by atoms with Gasteiger partial charge in [-0.1, -0.05) is 12.8 Å². The van der Waals surface area contributed by atoms with Gasteiger partial charge in [0.05, 0.1) is 6.61 Å². The molecule has 2 saturated heterocycles. The molecule has 1 amide bonds. The molecule has 1 N–H and O–H groups in total. The van der Waals surface area contributed by atoms with E-state index in [9.17, 15) is 4.79 Å². The number of amides is 1. The van der Waals surface area contributed by atoms with Crippen LogP contribution in [0.15, 0.2) is 11.8 Å². The summed E-state index contributed by atoms with van der Waals surface area (Å²) in [6, 6.07) is 0.640. The molecule has 3 fully saturated rings. The minimum Gasteiger partial charge on any atom is -0.459 e. The smallest absolute Gasteiger partial charge is 0.288 e. The quantitative estimate of drug-likeness (QED) is 0.611. The summed E-state index contributed by atoms with van der Waals surface area (Å²) in [5, 5.41) is 8.97. The molecular formula is C24H40N2O4. The molecule has 0 aromatic carbocycles. The Morgan fingerprint density at radius 2 is 1.80 bits per heavy atom. The molecule has 0 unspecified atom stereocenters. The Hall–Kier alpha value is -1.11. The van der Waals surface area contributed by atoms with E-state index in [1.54, 1.807) is 0 Å². The Labute approximate surface area is 181 Å². The average molecular weight is 421 g/mol. The van der Waals surface area contributed by atoms with E-state index in [4.69, 9.17) is 14.6 Å². The Bertz CT molecular complexity index is 578. The molecule has 3 aliphatic heterocycles. The van der Waals surface area contributed by atoms with Gasteiger partial charge in [0.15, 0.2) is 5.76 Å². The van der Waals surface area contributed by atoms with E-state index in [1.807, 2.05) is 4.90 Å². The molecule has 0 bridgehead atoms.